The second-order valence-electron chi connectivity index (χ2n) is 12.0. The van der Waals surface area contributed by atoms with E-state index in [4.69, 9.17) is 4.74 Å². The minimum Gasteiger partial charge on any atom is -0.449 e. The van der Waals surface area contributed by atoms with Gasteiger partial charge in [0.1, 0.15) is 6.73 Å². The van der Waals surface area contributed by atoms with E-state index >= 15 is 0 Å². The summed E-state index contributed by atoms with van der Waals surface area (Å²) in [5, 5.41) is 6.27. The number of carbonyl (C=O) groups excluding carboxylic acids is 2. The highest BCUT2D eigenvalue weighted by Gasteiger charge is 2.26. The molecule has 1 saturated heterocycles. The van der Waals surface area contributed by atoms with Crippen molar-refractivity contribution in [2.75, 3.05) is 30.5 Å². The van der Waals surface area contributed by atoms with Crippen LogP contribution in [0.15, 0.2) is 79.3 Å². The van der Waals surface area contributed by atoms with Crippen LogP contribution in [0.5, 0.6) is 0 Å². The lowest BCUT2D eigenvalue weighted by Gasteiger charge is -2.33. The number of anilines is 3. The molecule has 1 unspecified atom stereocenters. The van der Waals surface area contributed by atoms with E-state index in [-0.39, 0.29) is 11.9 Å². The third-order valence-corrected chi connectivity index (χ3v) is 7.50. The highest BCUT2D eigenvalue weighted by molar-refractivity contribution is 6.05. The molecule has 0 bridgehead atoms. The Hall–Kier alpha value is -4.63. The van der Waals surface area contributed by atoms with Crippen molar-refractivity contribution in [3.8, 4) is 11.3 Å². The molecule has 5 rings (SSSR count). The summed E-state index contributed by atoms with van der Waals surface area (Å²) in [7, 11) is 0. The molecule has 1 atom stereocenters. The maximum Gasteiger partial charge on any atom is 0.312 e. The van der Waals surface area contributed by atoms with E-state index < -0.39 is 5.41 Å². The first-order valence-electron chi connectivity index (χ1n) is 14.6. The number of hydrogen-bond acceptors (Lipinski definition) is 8. The zero-order valence-electron chi connectivity index (χ0n) is 25.1. The van der Waals surface area contributed by atoms with E-state index in [0.717, 1.165) is 54.1 Å². The van der Waals surface area contributed by atoms with Crippen molar-refractivity contribution in [2.45, 2.75) is 46.5 Å². The van der Waals surface area contributed by atoms with Gasteiger partial charge in [-0.3, -0.25) is 19.5 Å². The van der Waals surface area contributed by atoms with E-state index in [1.807, 2.05) is 70.2 Å². The van der Waals surface area contributed by atoms with E-state index in [9.17, 15) is 9.59 Å². The number of carbonyl (C=O) groups is 2. The Morgan fingerprint density at radius 2 is 1.86 bits per heavy atom. The van der Waals surface area contributed by atoms with Crippen LogP contribution in [0.1, 0.15) is 61.0 Å². The third-order valence-electron chi connectivity index (χ3n) is 7.50. The lowest BCUT2D eigenvalue weighted by molar-refractivity contribution is -0.158. The Labute approximate surface area is 252 Å². The van der Waals surface area contributed by atoms with E-state index in [1.165, 1.54) is 5.56 Å². The molecule has 0 spiro atoms. The van der Waals surface area contributed by atoms with Gasteiger partial charge in [-0.2, -0.15) is 0 Å². The monoisotopic (exact) mass is 578 g/mol. The predicted octanol–water partition coefficient (Wildman–Crippen LogP) is 6.57. The molecule has 4 aromatic rings. The molecule has 43 heavy (non-hydrogen) atoms. The number of rotatable bonds is 8. The Bertz CT molecular complexity index is 1570. The molecule has 0 aliphatic carbocycles. The molecule has 0 radical (unpaired) electrons. The smallest absolute Gasteiger partial charge is 0.312 e. The number of pyridine rings is 1. The predicted molar refractivity (Wildman–Crippen MR) is 168 cm³/mol. The summed E-state index contributed by atoms with van der Waals surface area (Å²) in [4.78, 5) is 40.7. The van der Waals surface area contributed by atoms with Gasteiger partial charge in [0, 0.05) is 54.2 Å². The van der Waals surface area contributed by atoms with Gasteiger partial charge in [0.15, 0.2) is 0 Å². The molecule has 2 aromatic heterocycles. The quantitative estimate of drug-likeness (QED) is 0.226. The van der Waals surface area contributed by atoms with Crippen LogP contribution in [0.4, 0.5) is 17.3 Å². The molecule has 1 aliphatic rings. The maximum absolute atomic E-state index is 13.2. The molecular weight excluding hydrogens is 540 g/mol. The number of nitrogens with zero attached hydrogens (tertiary/aromatic N) is 4. The van der Waals surface area contributed by atoms with Crippen LogP contribution in [0.25, 0.3) is 11.3 Å². The van der Waals surface area contributed by atoms with Crippen molar-refractivity contribution in [1.29, 1.82) is 0 Å². The number of benzene rings is 2. The Morgan fingerprint density at radius 1 is 1.05 bits per heavy atom. The van der Waals surface area contributed by atoms with Crippen LogP contribution < -0.4 is 10.6 Å². The molecule has 2 N–H and O–H groups in total. The standard InChI is InChI=1S/C34H38N6O3/c1-23-9-10-25(19-30(23)39-33-36-17-15-29(38-33)26-7-5-16-35-20-26)31(41)37-28-13-11-24(12-14-28)27-8-6-18-40(21-27)22-43-32(42)34(2,3)4/h5,7,9-17,19-20,27H,6,8,18,21-22H2,1-4H3,(H,37,41)(H,36,38,39). The molecule has 3 heterocycles. The largest absolute Gasteiger partial charge is 0.449 e. The summed E-state index contributed by atoms with van der Waals surface area (Å²) in [6.45, 7) is 9.62. The fourth-order valence-electron chi connectivity index (χ4n) is 4.97. The molecule has 1 amide bonds. The van der Waals surface area contributed by atoms with Gasteiger partial charge in [-0.1, -0.05) is 18.2 Å². The molecular formula is C34H38N6O3. The fraction of sp³-hybridized carbons (Fsp3) is 0.324. The van der Waals surface area contributed by atoms with Gasteiger partial charge in [-0.15, -0.1) is 0 Å². The zero-order chi connectivity index (χ0) is 30.4. The molecule has 222 valence electrons. The van der Waals surface area contributed by atoms with E-state index in [2.05, 4.69) is 42.6 Å². The first-order chi connectivity index (χ1) is 20.7. The SMILES string of the molecule is Cc1ccc(C(=O)Nc2ccc(C3CCCN(COC(=O)C(C)(C)C)C3)cc2)cc1Nc1nccc(-c2cccnc2)n1. The van der Waals surface area contributed by atoms with Crippen molar-refractivity contribution >= 4 is 29.2 Å². The molecule has 9 heteroatoms. The van der Waals surface area contributed by atoms with Crippen molar-refractivity contribution < 1.29 is 14.3 Å². The summed E-state index contributed by atoms with van der Waals surface area (Å²) < 4.78 is 5.53. The first kappa shape index (κ1) is 29.8. The molecule has 2 aromatic carbocycles. The lowest BCUT2D eigenvalue weighted by atomic mass is 9.91. The van der Waals surface area contributed by atoms with E-state index in [1.54, 1.807) is 24.7 Å². The van der Waals surface area contributed by atoms with Gasteiger partial charge in [0.05, 0.1) is 11.1 Å². The number of aromatic nitrogens is 3. The van der Waals surface area contributed by atoms with Gasteiger partial charge in [0.25, 0.3) is 5.91 Å². The number of aryl methyl sites for hydroxylation is 1. The van der Waals surface area contributed by atoms with Crippen molar-refractivity contribution in [2.24, 2.45) is 5.41 Å². The summed E-state index contributed by atoms with van der Waals surface area (Å²) >= 11 is 0. The van der Waals surface area contributed by atoms with Crippen LogP contribution in [-0.2, 0) is 9.53 Å². The number of nitrogens with one attached hydrogen (secondary N) is 2. The number of amides is 1. The summed E-state index contributed by atoms with van der Waals surface area (Å²) in [5.41, 5.74) is 5.31. The average molecular weight is 579 g/mol. The normalized spacial score (nSPS) is 15.5. The van der Waals surface area contributed by atoms with Gasteiger partial charge in [-0.25, -0.2) is 9.97 Å². The lowest BCUT2D eigenvalue weighted by Crippen LogP contribution is -2.38. The van der Waals surface area contributed by atoms with Crippen LogP contribution in [0, 0.1) is 12.3 Å². The maximum atomic E-state index is 13.2. The minimum atomic E-state index is -0.507. The highest BCUT2D eigenvalue weighted by atomic mass is 16.5. The van der Waals surface area contributed by atoms with Gasteiger partial charge in [-0.05, 0) is 100 Å². The number of esters is 1. The second-order valence-corrected chi connectivity index (χ2v) is 12.0. The fourth-order valence-corrected chi connectivity index (χ4v) is 4.97. The summed E-state index contributed by atoms with van der Waals surface area (Å²) in [5.74, 6) is 0.391. The summed E-state index contributed by atoms with van der Waals surface area (Å²) in [6.07, 6.45) is 7.28. The Kier molecular flexibility index (Phi) is 9.11. The van der Waals surface area contributed by atoms with Crippen LogP contribution in [-0.4, -0.2) is 51.5 Å². The number of hydrogen-bond donors (Lipinski definition) is 2. The number of piperidine rings is 1. The van der Waals surface area contributed by atoms with E-state index in [0.29, 0.717) is 24.2 Å². The third kappa shape index (κ3) is 7.81. The Morgan fingerprint density at radius 3 is 2.60 bits per heavy atom. The molecule has 9 nitrogen and oxygen atoms in total. The van der Waals surface area contributed by atoms with Gasteiger partial charge >= 0.3 is 5.97 Å². The van der Waals surface area contributed by atoms with Crippen molar-refractivity contribution in [3.05, 3.63) is 95.9 Å². The van der Waals surface area contributed by atoms with Gasteiger partial charge < -0.3 is 15.4 Å². The highest BCUT2D eigenvalue weighted by Crippen LogP contribution is 2.29. The molecule has 1 fully saturated rings. The van der Waals surface area contributed by atoms with Gasteiger partial charge in [0.2, 0.25) is 5.95 Å². The number of ether oxygens (including phenoxy) is 1. The molecule has 0 saturated carbocycles. The Balaban J connectivity index is 1.20. The summed E-state index contributed by atoms with van der Waals surface area (Å²) in [6, 6.07) is 19.2. The van der Waals surface area contributed by atoms with Crippen LogP contribution in [0.3, 0.4) is 0 Å². The van der Waals surface area contributed by atoms with Crippen molar-refractivity contribution in [1.82, 2.24) is 19.9 Å². The zero-order valence-corrected chi connectivity index (χ0v) is 25.1. The van der Waals surface area contributed by atoms with Crippen LogP contribution >= 0.6 is 0 Å². The first-order valence-corrected chi connectivity index (χ1v) is 14.6. The molecule has 1 aliphatic heterocycles. The van der Waals surface area contributed by atoms with Crippen molar-refractivity contribution in [3.63, 3.8) is 0 Å². The second kappa shape index (κ2) is 13.1. The topological polar surface area (TPSA) is 109 Å². The number of likely N-dealkylation sites (tertiary alicyclic amines) is 1. The minimum absolute atomic E-state index is 0.186. The van der Waals surface area contributed by atoms with Crippen LogP contribution in [0.2, 0.25) is 0 Å². The average Bonchev–Trinajstić information content (AvgIpc) is 3.01.